The summed E-state index contributed by atoms with van der Waals surface area (Å²) in [4.78, 5) is 27.5. The summed E-state index contributed by atoms with van der Waals surface area (Å²) >= 11 is 18.3. The van der Waals surface area contributed by atoms with Gasteiger partial charge >= 0.3 is 12.1 Å². The zero-order valence-electron chi connectivity index (χ0n) is 11.9. The van der Waals surface area contributed by atoms with Crippen molar-refractivity contribution in [1.82, 2.24) is 5.32 Å². The SMILES string of the molecule is CCOC(=O)c1sc(/N=C(\NC(=O)OC)C(Cl)(Cl)Cl)cc1C. The predicted octanol–water partition coefficient (Wildman–Crippen LogP) is 3.99. The van der Waals surface area contributed by atoms with E-state index in [-0.39, 0.29) is 12.4 Å². The van der Waals surface area contributed by atoms with Gasteiger partial charge in [0.1, 0.15) is 9.88 Å². The molecule has 0 radical (unpaired) electrons. The van der Waals surface area contributed by atoms with Crippen LogP contribution in [-0.2, 0) is 9.47 Å². The van der Waals surface area contributed by atoms with E-state index in [1.807, 2.05) is 0 Å². The number of halogens is 3. The molecular formula is C12H13Cl3N2O4S. The van der Waals surface area contributed by atoms with Crippen LogP contribution < -0.4 is 5.32 Å². The smallest absolute Gasteiger partial charge is 0.412 e. The summed E-state index contributed by atoms with van der Waals surface area (Å²) in [5.41, 5.74) is 0.670. The van der Waals surface area contributed by atoms with Crippen LogP contribution in [0.4, 0.5) is 9.80 Å². The average Bonchev–Trinajstić information content (AvgIpc) is 2.78. The van der Waals surface area contributed by atoms with Crippen molar-refractivity contribution < 1.29 is 19.1 Å². The quantitative estimate of drug-likeness (QED) is 0.368. The van der Waals surface area contributed by atoms with Crippen molar-refractivity contribution in [2.45, 2.75) is 17.6 Å². The number of aryl methyl sites for hydroxylation is 1. The first-order chi connectivity index (χ1) is 10.2. The molecule has 0 saturated carbocycles. The van der Waals surface area contributed by atoms with Gasteiger partial charge in [-0.15, -0.1) is 11.3 Å². The topological polar surface area (TPSA) is 77.0 Å². The van der Waals surface area contributed by atoms with Gasteiger partial charge in [-0.2, -0.15) is 0 Å². The number of esters is 1. The maximum atomic E-state index is 11.8. The van der Waals surface area contributed by atoms with Crippen LogP contribution in [0.15, 0.2) is 11.1 Å². The molecule has 0 spiro atoms. The molecule has 0 bridgehead atoms. The first-order valence-electron chi connectivity index (χ1n) is 5.97. The normalized spacial score (nSPS) is 12.0. The van der Waals surface area contributed by atoms with Crippen LogP contribution in [0.1, 0.15) is 22.2 Å². The van der Waals surface area contributed by atoms with E-state index in [0.717, 1.165) is 11.3 Å². The number of thiophene rings is 1. The molecule has 10 heteroatoms. The lowest BCUT2D eigenvalue weighted by Crippen LogP contribution is -2.38. The Labute approximate surface area is 146 Å². The summed E-state index contributed by atoms with van der Waals surface area (Å²) in [6, 6.07) is 1.62. The van der Waals surface area contributed by atoms with Gasteiger partial charge in [-0.05, 0) is 25.5 Å². The highest BCUT2D eigenvalue weighted by Crippen LogP contribution is 2.33. The number of amides is 1. The lowest BCUT2D eigenvalue weighted by atomic mass is 10.3. The molecule has 0 aliphatic rings. The Morgan fingerprint density at radius 2 is 2.05 bits per heavy atom. The standard InChI is InChI=1S/C12H13Cl3N2O4S/c1-4-21-9(18)8-6(2)5-7(22-8)16-10(12(13,14)15)17-11(19)20-3/h5H,4H2,1-3H3,(H,16,17,19). The molecule has 1 rings (SSSR count). The molecule has 0 unspecified atom stereocenters. The molecule has 0 aliphatic carbocycles. The number of alkyl carbamates (subject to hydrolysis) is 1. The molecule has 1 aromatic rings. The number of nitrogens with one attached hydrogen (secondary N) is 1. The van der Waals surface area contributed by atoms with E-state index in [9.17, 15) is 9.59 Å². The number of aliphatic imine (C=N–C) groups is 1. The molecule has 1 aromatic heterocycles. The first kappa shape index (κ1) is 19.0. The second-order valence-electron chi connectivity index (χ2n) is 3.89. The molecule has 1 N–H and O–H groups in total. The van der Waals surface area contributed by atoms with Crippen LogP contribution in [0.3, 0.4) is 0 Å². The summed E-state index contributed by atoms with van der Waals surface area (Å²) in [7, 11) is 1.17. The highest BCUT2D eigenvalue weighted by atomic mass is 35.6. The highest BCUT2D eigenvalue weighted by molar-refractivity contribution is 7.17. The van der Waals surface area contributed by atoms with Gasteiger partial charge < -0.3 is 9.47 Å². The number of carbonyl (C=O) groups is 2. The third kappa shape index (κ3) is 5.31. The number of nitrogens with zero attached hydrogens (tertiary/aromatic N) is 1. The van der Waals surface area contributed by atoms with Gasteiger partial charge in [-0.3, -0.25) is 5.32 Å². The van der Waals surface area contributed by atoms with Crippen LogP contribution >= 0.6 is 46.1 Å². The van der Waals surface area contributed by atoms with E-state index in [0.29, 0.717) is 15.4 Å². The second-order valence-corrected chi connectivity index (χ2v) is 7.20. The Balaban J connectivity index is 3.13. The number of methoxy groups -OCH3 is 1. The minimum Gasteiger partial charge on any atom is -0.462 e. The fourth-order valence-electron chi connectivity index (χ4n) is 1.34. The van der Waals surface area contributed by atoms with Gasteiger partial charge in [0.25, 0.3) is 0 Å². The lowest BCUT2D eigenvalue weighted by molar-refractivity contribution is 0.0531. The van der Waals surface area contributed by atoms with Gasteiger partial charge in [0, 0.05) is 0 Å². The third-order valence-electron chi connectivity index (χ3n) is 2.26. The number of hydrogen-bond donors (Lipinski definition) is 1. The molecule has 0 atom stereocenters. The van der Waals surface area contributed by atoms with Crippen molar-refractivity contribution in [2.75, 3.05) is 13.7 Å². The second kappa shape index (κ2) is 8.01. The zero-order valence-corrected chi connectivity index (χ0v) is 15.0. The fraction of sp³-hybridized carbons (Fsp3) is 0.417. The summed E-state index contributed by atoms with van der Waals surface area (Å²) in [5, 5.41) is 2.60. The molecule has 1 heterocycles. The van der Waals surface area contributed by atoms with Crippen molar-refractivity contribution in [3.63, 3.8) is 0 Å². The molecular weight excluding hydrogens is 375 g/mol. The number of alkyl halides is 3. The van der Waals surface area contributed by atoms with E-state index >= 15 is 0 Å². The summed E-state index contributed by atoms with van der Waals surface area (Å²) in [6.07, 6.45) is -0.830. The lowest BCUT2D eigenvalue weighted by Gasteiger charge is -2.14. The van der Waals surface area contributed by atoms with Gasteiger partial charge in [-0.1, -0.05) is 34.8 Å². The summed E-state index contributed by atoms with van der Waals surface area (Å²) in [6.45, 7) is 3.70. The minimum atomic E-state index is -1.96. The van der Waals surface area contributed by atoms with Crippen molar-refractivity contribution in [1.29, 1.82) is 0 Å². The van der Waals surface area contributed by atoms with Crippen molar-refractivity contribution in [3.8, 4) is 0 Å². The Morgan fingerprint density at radius 1 is 1.41 bits per heavy atom. The molecule has 22 heavy (non-hydrogen) atoms. The molecule has 0 saturated heterocycles. The van der Waals surface area contributed by atoms with Crippen LogP contribution in [0, 0.1) is 6.92 Å². The van der Waals surface area contributed by atoms with E-state index in [2.05, 4.69) is 15.0 Å². The minimum absolute atomic E-state index is 0.235. The molecule has 1 amide bonds. The van der Waals surface area contributed by atoms with Crippen LogP contribution in [-0.4, -0.2) is 35.4 Å². The van der Waals surface area contributed by atoms with E-state index in [1.165, 1.54) is 7.11 Å². The van der Waals surface area contributed by atoms with Crippen LogP contribution in [0.5, 0.6) is 0 Å². The van der Waals surface area contributed by atoms with E-state index in [4.69, 9.17) is 39.5 Å². The van der Waals surface area contributed by atoms with Crippen LogP contribution in [0.2, 0.25) is 0 Å². The Hall–Kier alpha value is -1.02. The molecule has 0 fully saturated rings. The van der Waals surface area contributed by atoms with Gasteiger partial charge in [-0.25, -0.2) is 14.6 Å². The Bertz CT molecular complexity index is 596. The van der Waals surface area contributed by atoms with E-state index < -0.39 is 15.9 Å². The first-order valence-corrected chi connectivity index (χ1v) is 7.92. The van der Waals surface area contributed by atoms with Crippen LogP contribution in [0.25, 0.3) is 0 Å². The fourth-order valence-corrected chi connectivity index (χ4v) is 2.55. The van der Waals surface area contributed by atoms with Crippen molar-refractivity contribution in [3.05, 3.63) is 16.5 Å². The Kier molecular flexibility index (Phi) is 6.93. The number of amidine groups is 1. The number of hydrogen-bond acceptors (Lipinski definition) is 6. The maximum absolute atomic E-state index is 11.8. The molecule has 122 valence electrons. The number of carbonyl (C=O) groups excluding carboxylic acids is 2. The summed E-state index contributed by atoms with van der Waals surface area (Å²) in [5.74, 6) is -0.691. The predicted molar refractivity (Wildman–Crippen MR) is 87.9 cm³/mol. The molecule has 0 aromatic carbocycles. The number of ether oxygens (including phenoxy) is 2. The average molecular weight is 388 g/mol. The number of rotatable bonds is 3. The summed E-state index contributed by atoms with van der Waals surface area (Å²) < 4.78 is 7.40. The monoisotopic (exact) mass is 386 g/mol. The third-order valence-corrected chi connectivity index (χ3v) is 3.91. The van der Waals surface area contributed by atoms with Gasteiger partial charge in [0.05, 0.1) is 13.7 Å². The highest BCUT2D eigenvalue weighted by Gasteiger charge is 2.30. The van der Waals surface area contributed by atoms with Gasteiger partial charge in [0.2, 0.25) is 3.79 Å². The maximum Gasteiger partial charge on any atom is 0.412 e. The van der Waals surface area contributed by atoms with Crippen molar-refractivity contribution >= 4 is 69.0 Å². The largest absolute Gasteiger partial charge is 0.462 e. The zero-order chi connectivity index (χ0) is 16.9. The Morgan fingerprint density at radius 3 is 2.55 bits per heavy atom. The molecule has 0 aliphatic heterocycles. The van der Waals surface area contributed by atoms with E-state index in [1.54, 1.807) is 19.9 Å². The molecule has 6 nitrogen and oxygen atoms in total. The van der Waals surface area contributed by atoms with Crippen molar-refractivity contribution in [2.24, 2.45) is 4.99 Å². The van der Waals surface area contributed by atoms with Gasteiger partial charge in [0.15, 0.2) is 5.84 Å².